The van der Waals surface area contributed by atoms with E-state index in [1.54, 1.807) is 0 Å². The summed E-state index contributed by atoms with van der Waals surface area (Å²) in [4.78, 5) is 11.2. The molecule has 0 radical (unpaired) electrons. The van der Waals surface area contributed by atoms with E-state index in [-0.39, 0.29) is 5.75 Å². The SMILES string of the molecule is CCCOc1ccc(C(=O)OC)c(C(F)(F)F)c1. The first-order valence-electron chi connectivity index (χ1n) is 5.32. The van der Waals surface area contributed by atoms with Crippen LogP contribution in [-0.4, -0.2) is 19.7 Å². The maximum absolute atomic E-state index is 12.8. The summed E-state index contributed by atoms with van der Waals surface area (Å²) in [6.45, 7) is 2.16. The van der Waals surface area contributed by atoms with Gasteiger partial charge in [0.05, 0.1) is 24.8 Å². The van der Waals surface area contributed by atoms with E-state index in [1.165, 1.54) is 6.07 Å². The van der Waals surface area contributed by atoms with Crippen molar-refractivity contribution in [3.8, 4) is 5.75 Å². The Morgan fingerprint density at radius 2 is 2.00 bits per heavy atom. The lowest BCUT2D eigenvalue weighted by molar-refractivity contribution is -0.138. The third-order valence-electron chi connectivity index (χ3n) is 2.17. The fourth-order valence-corrected chi connectivity index (χ4v) is 1.36. The summed E-state index contributed by atoms with van der Waals surface area (Å²) in [5, 5.41) is 0. The summed E-state index contributed by atoms with van der Waals surface area (Å²) in [5.74, 6) is -0.943. The van der Waals surface area contributed by atoms with Gasteiger partial charge in [0.25, 0.3) is 0 Å². The van der Waals surface area contributed by atoms with Crippen molar-refractivity contribution < 1.29 is 27.4 Å². The van der Waals surface area contributed by atoms with Crippen molar-refractivity contribution in [3.05, 3.63) is 29.3 Å². The molecular weight excluding hydrogens is 249 g/mol. The van der Waals surface area contributed by atoms with Crippen LogP contribution in [0.3, 0.4) is 0 Å². The molecule has 0 amide bonds. The van der Waals surface area contributed by atoms with Gasteiger partial charge in [-0.1, -0.05) is 6.92 Å². The van der Waals surface area contributed by atoms with Crippen molar-refractivity contribution in [1.29, 1.82) is 0 Å². The average molecular weight is 262 g/mol. The topological polar surface area (TPSA) is 35.5 Å². The van der Waals surface area contributed by atoms with Crippen molar-refractivity contribution >= 4 is 5.97 Å². The van der Waals surface area contributed by atoms with Crippen LogP contribution in [0.5, 0.6) is 5.75 Å². The first-order valence-corrected chi connectivity index (χ1v) is 5.32. The zero-order chi connectivity index (χ0) is 13.8. The second-order valence-electron chi connectivity index (χ2n) is 3.55. The summed E-state index contributed by atoms with van der Waals surface area (Å²) in [6.07, 6.45) is -3.95. The fourth-order valence-electron chi connectivity index (χ4n) is 1.36. The molecule has 0 aromatic heterocycles. The Balaban J connectivity index is 3.17. The summed E-state index contributed by atoms with van der Waals surface area (Å²) >= 11 is 0. The van der Waals surface area contributed by atoms with Crippen molar-refractivity contribution in [1.82, 2.24) is 0 Å². The van der Waals surface area contributed by atoms with Gasteiger partial charge in [-0.05, 0) is 24.6 Å². The van der Waals surface area contributed by atoms with Gasteiger partial charge < -0.3 is 9.47 Å². The molecule has 0 aliphatic carbocycles. The Bertz CT molecular complexity index is 427. The third kappa shape index (κ3) is 3.38. The maximum Gasteiger partial charge on any atom is 0.417 e. The lowest BCUT2D eigenvalue weighted by Crippen LogP contribution is -2.14. The Kier molecular flexibility index (Phi) is 4.58. The van der Waals surface area contributed by atoms with E-state index in [0.29, 0.717) is 13.0 Å². The minimum atomic E-state index is -4.63. The van der Waals surface area contributed by atoms with Gasteiger partial charge in [-0.15, -0.1) is 0 Å². The number of ether oxygens (including phenoxy) is 2. The van der Waals surface area contributed by atoms with E-state index in [0.717, 1.165) is 19.2 Å². The van der Waals surface area contributed by atoms with Crippen LogP contribution < -0.4 is 4.74 Å². The number of benzene rings is 1. The Morgan fingerprint density at radius 3 is 2.50 bits per heavy atom. The second-order valence-corrected chi connectivity index (χ2v) is 3.55. The molecule has 0 saturated carbocycles. The number of esters is 1. The van der Waals surface area contributed by atoms with E-state index >= 15 is 0 Å². The summed E-state index contributed by atoms with van der Waals surface area (Å²) in [6, 6.07) is 3.18. The lowest BCUT2D eigenvalue weighted by atomic mass is 10.1. The van der Waals surface area contributed by atoms with E-state index in [9.17, 15) is 18.0 Å². The number of rotatable bonds is 4. The van der Waals surface area contributed by atoms with E-state index in [2.05, 4.69) is 4.74 Å². The molecule has 0 spiro atoms. The molecule has 1 aromatic rings. The van der Waals surface area contributed by atoms with Crippen molar-refractivity contribution in [2.24, 2.45) is 0 Å². The quantitative estimate of drug-likeness (QED) is 0.781. The predicted octanol–water partition coefficient (Wildman–Crippen LogP) is 3.28. The Morgan fingerprint density at radius 1 is 1.33 bits per heavy atom. The van der Waals surface area contributed by atoms with Crippen molar-refractivity contribution in [2.75, 3.05) is 13.7 Å². The molecule has 0 N–H and O–H groups in total. The summed E-state index contributed by atoms with van der Waals surface area (Å²) in [7, 11) is 1.03. The maximum atomic E-state index is 12.8. The zero-order valence-electron chi connectivity index (χ0n) is 10.0. The molecule has 0 unspecified atom stereocenters. The summed E-state index contributed by atoms with van der Waals surface area (Å²) in [5.41, 5.74) is -1.57. The lowest BCUT2D eigenvalue weighted by Gasteiger charge is -2.13. The number of carbonyl (C=O) groups excluding carboxylic acids is 1. The average Bonchev–Trinajstić information content (AvgIpc) is 2.34. The van der Waals surface area contributed by atoms with Crippen LogP contribution in [0.15, 0.2) is 18.2 Å². The van der Waals surface area contributed by atoms with E-state index < -0.39 is 23.3 Å². The van der Waals surface area contributed by atoms with Crippen LogP contribution in [0, 0.1) is 0 Å². The largest absolute Gasteiger partial charge is 0.494 e. The van der Waals surface area contributed by atoms with Gasteiger partial charge in [-0.2, -0.15) is 13.2 Å². The highest BCUT2D eigenvalue weighted by atomic mass is 19.4. The van der Waals surface area contributed by atoms with Gasteiger partial charge in [0, 0.05) is 0 Å². The van der Waals surface area contributed by atoms with Gasteiger partial charge in [0.2, 0.25) is 0 Å². The molecule has 0 atom stereocenters. The van der Waals surface area contributed by atoms with Gasteiger partial charge in [0.1, 0.15) is 5.75 Å². The number of alkyl halides is 3. The molecule has 6 heteroatoms. The van der Waals surface area contributed by atoms with Crippen molar-refractivity contribution in [2.45, 2.75) is 19.5 Å². The Labute approximate surface area is 103 Å². The van der Waals surface area contributed by atoms with Gasteiger partial charge in [-0.3, -0.25) is 0 Å². The highest BCUT2D eigenvalue weighted by Gasteiger charge is 2.36. The summed E-state index contributed by atoms with van der Waals surface area (Å²) < 4.78 is 47.8. The number of methoxy groups -OCH3 is 1. The Hall–Kier alpha value is -1.72. The normalized spacial score (nSPS) is 11.2. The molecule has 0 aliphatic heterocycles. The molecular formula is C12H13F3O3. The zero-order valence-corrected chi connectivity index (χ0v) is 10.0. The first kappa shape index (κ1) is 14.3. The molecule has 3 nitrogen and oxygen atoms in total. The molecule has 18 heavy (non-hydrogen) atoms. The third-order valence-corrected chi connectivity index (χ3v) is 2.17. The van der Waals surface area contributed by atoms with E-state index in [4.69, 9.17) is 4.74 Å². The van der Waals surface area contributed by atoms with Crippen LogP contribution in [0.25, 0.3) is 0 Å². The first-order chi connectivity index (χ1) is 8.40. The van der Waals surface area contributed by atoms with Gasteiger partial charge >= 0.3 is 12.1 Å². The predicted molar refractivity (Wildman–Crippen MR) is 58.6 cm³/mol. The van der Waals surface area contributed by atoms with Gasteiger partial charge in [-0.25, -0.2) is 4.79 Å². The fraction of sp³-hybridized carbons (Fsp3) is 0.417. The molecule has 1 rings (SSSR count). The standard InChI is InChI=1S/C12H13F3O3/c1-3-6-18-8-4-5-9(11(16)17-2)10(7-8)12(13,14)15/h4-5,7H,3,6H2,1-2H3. The monoisotopic (exact) mass is 262 g/mol. The highest BCUT2D eigenvalue weighted by molar-refractivity contribution is 5.91. The van der Waals surface area contributed by atoms with E-state index in [1.807, 2.05) is 6.92 Å². The van der Waals surface area contributed by atoms with Crippen molar-refractivity contribution in [3.63, 3.8) is 0 Å². The molecule has 0 fully saturated rings. The highest BCUT2D eigenvalue weighted by Crippen LogP contribution is 2.34. The number of hydrogen-bond acceptors (Lipinski definition) is 3. The minimum Gasteiger partial charge on any atom is -0.494 e. The van der Waals surface area contributed by atoms with Crippen LogP contribution >= 0.6 is 0 Å². The number of carbonyl (C=O) groups is 1. The number of halogens is 3. The number of hydrogen-bond donors (Lipinski definition) is 0. The minimum absolute atomic E-state index is 0.0804. The van der Waals surface area contributed by atoms with Crippen LogP contribution in [-0.2, 0) is 10.9 Å². The second kappa shape index (κ2) is 5.75. The molecule has 0 bridgehead atoms. The van der Waals surface area contributed by atoms with Crippen LogP contribution in [0.2, 0.25) is 0 Å². The van der Waals surface area contributed by atoms with Gasteiger partial charge in [0.15, 0.2) is 0 Å². The molecule has 1 aromatic carbocycles. The smallest absolute Gasteiger partial charge is 0.417 e. The molecule has 0 saturated heterocycles. The molecule has 0 heterocycles. The molecule has 0 aliphatic rings. The van der Waals surface area contributed by atoms with Crippen LogP contribution in [0.4, 0.5) is 13.2 Å². The molecule has 100 valence electrons. The van der Waals surface area contributed by atoms with Crippen LogP contribution in [0.1, 0.15) is 29.3 Å².